The average Bonchev–Trinajstić information content (AvgIpc) is 2.20. The number of hydrogen-bond donors (Lipinski definition) is 2. The summed E-state index contributed by atoms with van der Waals surface area (Å²) in [6, 6.07) is 5.38. The summed E-state index contributed by atoms with van der Waals surface area (Å²) in [6.07, 6.45) is 0. The SMILES string of the molecule is CC(O)(CN)CSc1ccc(Cl)c(Cl)c1. The molecular weight excluding hydrogens is 253 g/mol. The van der Waals surface area contributed by atoms with Crippen molar-refractivity contribution >= 4 is 35.0 Å². The van der Waals surface area contributed by atoms with E-state index in [9.17, 15) is 5.11 Å². The monoisotopic (exact) mass is 265 g/mol. The molecule has 0 spiro atoms. The van der Waals surface area contributed by atoms with Crippen molar-refractivity contribution in [3.63, 3.8) is 0 Å². The Morgan fingerprint density at radius 1 is 1.40 bits per heavy atom. The summed E-state index contributed by atoms with van der Waals surface area (Å²) < 4.78 is 0. The van der Waals surface area contributed by atoms with Crippen LogP contribution in [0.1, 0.15) is 6.92 Å². The van der Waals surface area contributed by atoms with E-state index in [4.69, 9.17) is 28.9 Å². The van der Waals surface area contributed by atoms with Crippen molar-refractivity contribution < 1.29 is 5.11 Å². The van der Waals surface area contributed by atoms with Gasteiger partial charge in [0.25, 0.3) is 0 Å². The molecule has 0 aliphatic carbocycles. The quantitative estimate of drug-likeness (QED) is 0.824. The van der Waals surface area contributed by atoms with Gasteiger partial charge in [-0.1, -0.05) is 23.2 Å². The Kier molecular flexibility index (Phi) is 4.74. The first-order valence-electron chi connectivity index (χ1n) is 4.45. The molecule has 1 aromatic rings. The molecule has 5 heteroatoms. The minimum absolute atomic E-state index is 0.237. The predicted molar refractivity (Wildman–Crippen MR) is 66.9 cm³/mol. The maximum Gasteiger partial charge on any atom is 0.0834 e. The third-order valence-electron chi connectivity index (χ3n) is 1.88. The van der Waals surface area contributed by atoms with Gasteiger partial charge in [-0.15, -0.1) is 11.8 Å². The van der Waals surface area contributed by atoms with Crippen molar-refractivity contribution in [3.05, 3.63) is 28.2 Å². The van der Waals surface area contributed by atoms with Gasteiger partial charge in [-0.2, -0.15) is 0 Å². The fourth-order valence-corrected chi connectivity index (χ4v) is 2.19. The molecule has 84 valence electrons. The zero-order valence-corrected chi connectivity index (χ0v) is 10.7. The largest absolute Gasteiger partial charge is 0.388 e. The molecule has 0 bridgehead atoms. The molecule has 0 radical (unpaired) electrons. The number of aliphatic hydroxyl groups is 1. The van der Waals surface area contributed by atoms with E-state index in [0.717, 1.165) is 4.90 Å². The third kappa shape index (κ3) is 4.21. The summed E-state index contributed by atoms with van der Waals surface area (Å²) in [7, 11) is 0. The summed E-state index contributed by atoms with van der Waals surface area (Å²) in [5.41, 5.74) is 4.56. The molecule has 0 aliphatic rings. The Morgan fingerprint density at radius 2 is 2.07 bits per heavy atom. The van der Waals surface area contributed by atoms with Crippen LogP contribution in [-0.2, 0) is 0 Å². The van der Waals surface area contributed by atoms with E-state index in [0.29, 0.717) is 15.8 Å². The van der Waals surface area contributed by atoms with Gasteiger partial charge in [-0.3, -0.25) is 0 Å². The molecule has 0 saturated carbocycles. The van der Waals surface area contributed by atoms with Crippen molar-refractivity contribution in [1.29, 1.82) is 0 Å². The van der Waals surface area contributed by atoms with Crippen molar-refractivity contribution in [2.45, 2.75) is 17.4 Å². The zero-order chi connectivity index (χ0) is 11.5. The van der Waals surface area contributed by atoms with Gasteiger partial charge in [0.1, 0.15) is 0 Å². The highest BCUT2D eigenvalue weighted by atomic mass is 35.5. The molecule has 0 amide bonds. The van der Waals surface area contributed by atoms with Crippen LogP contribution in [-0.4, -0.2) is 23.0 Å². The Hall–Kier alpha value is 0.0700. The van der Waals surface area contributed by atoms with Crippen molar-refractivity contribution in [2.75, 3.05) is 12.3 Å². The molecule has 0 heterocycles. The number of benzene rings is 1. The van der Waals surface area contributed by atoms with Crippen LogP contribution in [0, 0.1) is 0 Å². The van der Waals surface area contributed by atoms with Gasteiger partial charge in [-0.05, 0) is 25.1 Å². The molecule has 1 atom stereocenters. The Balaban J connectivity index is 2.62. The second kappa shape index (κ2) is 5.41. The van der Waals surface area contributed by atoms with E-state index >= 15 is 0 Å². The first-order valence-corrected chi connectivity index (χ1v) is 6.19. The Bertz CT molecular complexity index is 344. The second-order valence-corrected chi connectivity index (χ2v) is 5.43. The number of thioether (sulfide) groups is 1. The van der Waals surface area contributed by atoms with E-state index in [-0.39, 0.29) is 6.54 Å². The van der Waals surface area contributed by atoms with Crippen molar-refractivity contribution in [1.82, 2.24) is 0 Å². The van der Waals surface area contributed by atoms with Gasteiger partial charge in [0, 0.05) is 17.2 Å². The number of halogens is 2. The predicted octanol–water partition coefficient (Wildman–Crippen LogP) is 2.80. The van der Waals surface area contributed by atoms with E-state index in [1.54, 1.807) is 19.1 Å². The summed E-state index contributed by atoms with van der Waals surface area (Å²) in [6.45, 7) is 1.94. The number of hydrogen-bond acceptors (Lipinski definition) is 3. The first kappa shape index (κ1) is 13.1. The lowest BCUT2D eigenvalue weighted by atomic mass is 10.1. The molecule has 15 heavy (non-hydrogen) atoms. The van der Waals surface area contributed by atoms with Gasteiger partial charge >= 0.3 is 0 Å². The van der Waals surface area contributed by atoms with Crippen molar-refractivity contribution in [2.24, 2.45) is 5.73 Å². The highest BCUT2D eigenvalue weighted by Crippen LogP contribution is 2.29. The smallest absolute Gasteiger partial charge is 0.0834 e. The molecule has 1 aromatic carbocycles. The molecule has 0 fully saturated rings. The normalized spacial score (nSPS) is 15.0. The van der Waals surface area contributed by atoms with Gasteiger partial charge in [0.05, 0.1) is 15.6 Å². The van der Waals surface area contributed by atoms with Crippen molar-refractivity contribution in [3.8, 4) is 0 Å². The molecule has 0 aliphatic heterocycles. The van der Waals surface area contributed by atoms with Crippen LogP contribution in [0.4, 0.5) is 0 Å². The fraction of sp³-hybridized carbons (Fsp3) is 0.400. The van der Waals surface area contributed by atoms with Gasteiger partial charge in [-0.25, -0.2) is 0 Å². The lowest BCUT2D eigenvalue weighted by Gasteiger charge is -2.20. The van der Waals surface area contributed by atoms with E-state index < -0.39 is 5.60 Å². The zero-order valence-electron chi connectivity index (χ0n) is 8.34. The van der Waals surface area contributed by atoms with Crippen LogP contribution < -0.4 is 5.73 Å². The van der Waals surface area contributed by atoms with Crippen LogP contribution in [0.5, 0.6) is 0 Å². The maximum atomic E-state index is 9.70. The van der Waals surface area contributed by atoms with Crippen LogP contribution in [0.25, 0.3) is 0 Å². The highest BCUT2D eigenvalue weighted by molar-refractivity contribution is 7.99. The minimum atomic E-state index is -0.850. The molecule has 0 saturated heterocycles. The number of rotatable bonds is 4. The molecule has 1 rings (SSSR count). The van der Waals surface area contributed by atoms with E-state index in [2.05, 4.69) is 0 Å². The summed E-state index contributed by atoms with van der Waals surface area (Å²) in [5.74, 6) is 0.529. The lowest BCUT2D eigenvalue weighted by Crippen LogP contribution is -2.36. The van der Waals surface area contributed by atoms with Crippen LogP contribution >= 0.6 is 35.0 Å². The topological polar surface area (TPSA) is 46.2 Å². The maximum absolute atomic E-state index is 9.70. The first-order chi connectivity index (χ1) is 6.94. The molecule has 3 N–H and O–H groups in total. The number of nitrogens with two attached hydrogens (primary N) is 1. The van der Waals surface area contributed by atoms with E-state index in [1.165, 1.54) is 11.8 Å². The van der Waals surface area contributed by atoms with Crippen LogP contribution in [0.3, 0.4) is 0 Å². The van der Waals surface area contributed by atoms with E-state index in [1.807, 2.05) is 6.07 Å². The standard InChI is InChI=1S/C10H13Cl2NOS/c1-10(14,5-13)6-15-7-2-3-8(11)9(12)4-7/h2-4,14H,5-6,13H2,1H3. The summed E-state index contributed by atoms with van der Waals surface area (Å²) in [4.78, 5) is 0.970. The molecule has 0 aromatic heterocycles. The molecular formula is C10H13Cl2NOS. The lowest BCUT2D eigenvalue weighted by molar-refractivity contribution is 0.0949. The fourth-order valence-electron chi connectivity index (χ4n) is 0.864. The molecule has 1 unspecified atom stereocenters. The average molecular weight is 266 g/mol. The highest BCUT2D eigenvalue weighted by Gasteiger charge is 2.18. The Labute approximate surface area is 104 Å². The van der Waals surface area contributed by atoms with Crippen LogP contribution in [0.2, 0.25) is 10.0 Å². The Morgan fingerprint density at radius 3 is 2.60 bits per heavy atom. The molecule has 2 nitrogen and oxygen atoms in total. The summed E-state index contributed by atoms with van der Waals surface area (Å²) in [5, 5.41) is 10.8. The third-order valence-corrected chi connectivity index (χ3v) is 3.97. The van der Waals surface area contributed by atoms with Crippen LogP contribution in [0.15, 0.2) is 23.1 Å². The minimum Gasteiger partial charge on any atom is -0.388 e. The van der Waals surface area contributed by atoms with Gasteiger partial charge in [0.2, 0.25) is 0 Å². The summed E-state index contributed by atoms with van der Waals surface area (Å²) >= 11 is 13.2. The van der Waals surface area contributed by atoms with Gasteiger partial charge < -0.3 is 10.8 Å². The second-order valence-electron chi connectivity index (χ2n) is 3.57. The van der Waals surface area contributed by atoms with Gasteiger partial charge in [0.15, 0.2) is 0 Å².